The summed E-state index contributed by atoms with van der Waals surface area (Å²) in [5.41, 5.74) is 2.21. The van der Waals surface area contributed by atoms with Crippen LogP contribution in [-0.2, 0) is 4.74 Å². The Hall–Kier alpha value is -1.52. The summed E-state index contributed by atoms with van der Waals surface area (Å²) >= 11 is 3.50. The third-order valence-electron chi connectivity index (χ3n) is 3.03. The predicted octanol–water partition coefficient (Wildman–Crippen LogP) is 4.26. The number of hydrogen-bond acceptors (Lipinski definition) is 3. The normalized spacial score (nSPS) is 11.9. The summed E-state index contributed by atoms with van der Waals surface area (Å²) in [6.07, 6.45) is 0. The minimum absolute atomic E-state index is 0.112. The zero-order chi connectivity index (χ0) is 14.4. The van der Waals surface area contributed by atoms with E-state index in [0.717, 1.165) is 15.9 Å². The van der Waals surface area contributed by atoms with Crippen LogP contribution in [0.4, 0.5) is 5.69 Å². The van der Waals surface area contributed by atoms with E-state index in [0.29, 0.717) is 6.61 Å². The van der Waals surface area contributed by atoms with E-state index >= 15 is 0 Å². The molecule has 2 aromatic carbocycles. The number of nitrogens with one attached hydrogen (secondary N) is 1. The summed E-state index contributed by atoms with van der Waals surface area (Å²) in [5, 5.41) is 3.48. The molecule has 0 aliphatic carbocycles. The molecule has 1 atom stereocenters. The van der Waals surface area contributed by atoms with Gasteiger partial charge in [-0.2, -0.15) is 0 Å². The van der Waals surface area contributed by atoms with Crippen molar-refractivity contribution in [2.45, 2.75) is 6.04 Å². The molecule has 0 fully saturated rings. The van der Waals surface area contributed by atoms with Crippen molar-refractivity contribution in [1.82, 2.24) is 0 Å². The van der Waals surface area contributed by atoms with Gasteiger partial charge >= 0.3 is 0 Å². The van der Waals surface area contributed by atoms with E-state index < -0.39 is 0 Å². The van der Waals surface area contributed by atoms with Crippen molar-refractivity contribution in [3.05, 3.63) is 58.6 Å². The van der Waals surface area contributed by atoms with Crippen LogP contribution in [-0.4, -0.2) is 20.8 Å². The number of halogens is 1. The Kier molecular flexibility index (Phi) is 5.44. The number of ether oxygens (including phenoxy) is 2. The third kappa shape index (κ3) is 3.74. The number of anilines is 1. The molecule has 2 rings (SSSR count). The minimum atomic E-state index is 0.112. The number of hydrogen-bond donors (Lipinski definition) is 1. The quantitative estimate of drug-likeness (QED) is 0.855. The second-order valence-corrected chi connectivity index (χ2v) is 5.27. The molecule has 0 aliphatic rings. The van der Waals surface area contributed by atoms with Gasteiger partial charge in [0.2, 0.25) is 0 Å². The minimum Gasteiger partial charge on any atom is -0.496 e. The molecule has 0 radical (unpaired) electrons. The molecule has 0 bridgehead atoms. The summed E-state index contributed by atoms with van der Waals surface area (Å²) in [7, 11) is 3.37. The van der Waals surface area contributed by atoms with Gasteiger partial charge in [-0.1, -0.05) is 30.3 Å². The molecular weight excluding hydrogens is 318 g/mol. The van der Waals surface area contributed by atoms with Crippen molar-refractivity contribution >= 4 is 21.6 Å². The molecule has 4 heteroatoms. The second kappa shape index (κ2) is 7.31. The van der Waals surface area contributed by atoms with Crippen LogP contribution in [0.15, 0.2) is 53.0 Å². The van der Waals surface area contributed by atoms with Crippen LogP contribution < -0.4 is 10.1 Å². The van der Waals surface area contributed by atoms with Crippen LogP contribution in [0.2, 0.25) is 0 Å². The average molecular weight is 336 g/mol. The first-order valence-corrected chi connectivity index (χ1v) is 7.18. The van der Waals surface area contributed by atoms with Gasteiger partial charge in [0, 0.05) is 12.8 Å². The van der Waals surface area contributed by atoms with Crippen molar-refractivity contribution in [1.29, 1.82) is 0 Å². The largest absolute Gasteiger partial charge is 0.496 e. The fourth-order valence-corrected chi connectivity index (χ4v) is 2.57. The molecule has 20 heavy (non-hydrogen) atoms. The topological polar surface area (TPSA) is 30.5 Å². The lowest BCUT2D eigenvalue weighted by molar-refractivity contribution is 0.186. The number of methoxy groups -OCH3 is 2. The Morgan fingerprint density at radius 3 is 2.45 bits per heavy atom. The maximum Gasteiger partial charge on any atom is 0.133 e. The summed E-state index contributed by atoms with van der Waals surface area (Å²) in [4.78, 5) is 0. The Morgan fingerprint density at radius 1 is 1.10 bits per heavy atom. The average Bonchev–Trinajstić information content (AvgIpc) is 2.48. The van der Waals surface area contributed by atoms with Crippen molar-refractivity contribution < 1.29 is 9.47 Å². The van der Waals surface area contributed by atoms with E-state index in [2.05, 4.69) is 33.4 Å². The van der Waals surface area contributed by atoms with Gasteiger partial charge in [-0.05, 0) is 39.7 Å². The van der Waals surface area contributed by atoms with Crippen LogP contribution >= 0.6 is 15.9 Å². The smallest absolute Gasteiger partial charge is 0.133 e. The van der Waals surface area contributed by atoms with Gasteiger partial charge < -0.3 is 14.8 Å². The molecule has 0 spiro atoms. The van der Waals surface area contributed by atoms with Gasteiger partial charge in [0.25, 0.3) is 0 Å². The van der Waals surface area contributed by atoms with E-state index in [1.54, 1.807) is 14.2 Å². The first-order chi connectivity index (χ1) is 9.74. The molecule has 0 aliphatic heterocycles. The number of rotatable bonds is 6. The molecule has 1 unspecified atom stereocenters. The Balaban J connectivity index is 2.18. The van der Waals surface area contributed by atoms with E-state index in [9.17, 15) is 0 Å². The van der Waals surface area contributed by atoms with Gasteiger partial charge in [-0.25, -0.2) is 0 Å². The summed E-state index contributed by atoms with van der Waals surface area (Å²) in [5.74, 6) is 0.818. The molecule has 106 valence electrons. The highest BCUT2D eigenvalue weighted by molar-refractivity contribution is 9.10. The SMILES string of the molecule is COCC(Nc1ccc(OC)c(Br)c1)c1ccccc1. The molecular formula is C16H18BrNO2. The summed E-state index contributed by atoms with van der Waals surface area (Å²) in [6.45, 7) is 0.605. The lowest BCUT2D eigenvalue weighted by Crippen LogP contribution is -2.16. The highest BCUT2D eigenvalue weighted by Gasteiger charge is 2.11. The molecule has 2 aromatic rings. The Labute approximate surface area is 128 Å². The highest BCUT2D eigenvalue weighted by atomic mass is 79.9. The van der Waals surface area contributed by atoms with Crippen molar-refractivity contribution in [3.63, 3.8) is 0 Å². The monoisotopic (exact) mass is 335 g/mol. The molecule has 1 N–H and O–H groups in total. The van der Waals surface area contributed by atoms with Gasteiger partial charge in [0.05, 0.1) is 24.2 Å². The highest BCUT2D eigenvalue weighted by Crippen LogP contribution is 2.29. The lowest BCUT2D eigenvalue weighted by atomic mass is 10.1. The van der Waals surface area contributed by atoms with Crippen LogP contribution in [0.25, 0.3) is 0 Å². The zero-order valence-corrected chi connectivity index (χ0v) is 13.2. The van der Waals surface area contributed by atoms with Crippen molar-refractivity contribution in [2.75, 3.05) is 26.1 Å². The lowest BCUT2D eigenvalue weighted by Gasteiger charge is -2.20. The van der Waals surface area contributed by atoms with Crippen LogP contribution in [0.5, 0.6) is 5.75 Å². The predicted molar refractivity (Wildman–Crippen MR) is 85.4 cm³/mol. The van der Waals surface area contributed by atoms with Gasteiger partial charge in [-0.3, -0.25) is 0 Å². The van der Waals surface area contributed by atoms with E-state index in [-0.39, 0.29) is 6.04 Å². The second-order valence-electron chi connectivity index (χ2n) is 4.41. The fraction of sp³-hybridized carbons (Fsp3) is 0.250. The van der Waals surface area contributed by atoms with Gasteiger partial charge in [0.15, 0.2) is 0 Å². The fourth-order valence-electron chi connectivity index (χ4n) is 2.03. The van der Waals surface area contributed by atoms with Gasteiger partial charge in [0.1, 0.15) is 5.75 Å². The summed E-state index contributed by atoms with van der Waals surface area (Å²) in [6, 6.07) is 16.3. The van der Waals surface area contributed by atoms with Crippen molar-refractivity contribution in [3.8, 4) is 5.75 Å². The van der Waals surface area contributed by atoms with E-state index in [1.165, 1.54) is 5.56 Å². The molecule has 0 heterocycles. The third-order valence-corrected chi connectivity index (χ3v) is 3.65. The number of benzene rings is 2. The van der Waals surface area contributed by atoms with Crippen LogP contribution in [0, 0.1) is 0 Å². The molecule has 0 saturated heterocycles. The molecule has 0 aromatic heterocycles. The first-order valence-electron chi connectivity index (χ1n) is 6.38. The van der Waals surface area contributed by atoms with Gasteiger partial charge in [-0.15, -0.1) is 0 Å². The van der Waals surface area contributed by atoms with Crippen LogP contribution in [0.1, 0.15) is 11.6 Å². The standard InChI is InChI=1S/C16H18BrNO2/c1-19-11-15(12-6-4-3-5-7-12)18-13-8-9-16(20-2)14(17)10-13/h3-10,15,18H,11H2,1-2H3. The van der Waals surface area contributed by atoms with E-state index in [1.807, 2.05) is 36.4 Å². The van der Waals surface area contributed by atoms with Crippen LogP contribution in [0.3, 0.4) is 0 Å². The zero-order valence-electron chi connectivity index (χ0n) is 11.6. The van der Waals surface area contributed by atoms with E-state index in [4.69, 9.17) is 9.47 Å². The Bertz CT molecular complexity index is 545. The summed E-state index contributed by atoms with van der Waals surface area (Å²) < 4.78 is 11.5. The van der Waals surface area contributed by atoms with Crippen molar-refractivity contribution in [2.24, 2.45) is 0 Å². The molecule has 0 amide bonds. The maximum atomic E-state index is 5.31. The molecule has 0 saturated carbocycles. The maximum absolute atomic E-state index is 5.31. The first kappa shape index (κ1) is 14.9. The Morgan fingerprint density at radius 2 is 1.85 bits per heavy atom. The molecule has 3 nitrogen and oxygen atoms in total.